The highest BCUT2D eigenvalue weighted by atomic mass is 16.2. The molecule has 0 heterocycles. The summed E-state index contributed by atoms with van der Waals surface area (Å²) >= 11 is 0. The number of amides is 1. The summed E-state index contributed by atoms with van der Waals surface area (Å²) < 4.78 is 0. The van der Waals surface area contributed by atoms with E-state index in [0.29, 0.717) is 5.91 Å². The Morgan fingerprint density at radius 2 is 1.10 bits per heavy atom. The first-order valence-corrected chi connectivity index (χ1v) is 9.04. The van der Waals surface area contributed by atoms with Crippen molar-refractivity contribution in [3.05, 3.63) is 0 Å². The second-order valence-electron chi connectivity index (χ2n) is 5.96. The van der Waals surface area contributed by atoms with Gasteiger partial charge in [0.2, 0.25) is 5.91 Å². The normalized spacial score (nSPS) is 10.8. The van der Waals surface area contributed by atoms with Crippen LogP contribution in [-0.2, 0) is 4.79 Å². The highest BCUT2D eigenvalue weighted by Crippen LogP contribution is 2.09. The molecule has 2 nitrogen and oxygen atoms in total. The van der Waals surface area contributed by atoms with Gasteiger partial charge in [-0.05, 0) is 19.3 Å². The molecule has 0 fully saturated rings. The highest BCUT2D eigenvalue weighted by molar-refractivity contribution is 5.76. The van der Waals surface area contributed by atoms with Gasteiger partial charge >= 0.3 is 0 Å². The molecule has 2 heteroatoms. The van der Waals surface area contributed by atoms with Crippen LogP contribution in [-0.4, -0.2) is 23.9 Å². The number of nitrogens with zero attached hydrogens (tertiary/aromatic N) is 1. The van der Waals surface area contributed by atoms with Crippen molar-refractivity contribution in [2.24, 2.45) is 0 Å². The third-order valence-electron chi connectivity index (χ3n) is 3.91. The van der Waals surface area contributed by atoms with Gasteiger partial charge in [-0.2, -0.15) is 0 Å². The molecule has 20 heavy (non-hydrogen) atoms. The topological polar surface area (TPSA) is 20.3 Å². The van der Waals surface area contributed by atoms with Crippen LogP contribution in [0.4, 0.5) is 0 Å². The Hall–Kier alpha value is -0.530. The lowest BCUT2D eigenvalue weighted by Gasteiger charge is -2.23. The molecular formula is C18H37NO. The monoisotopic (exact) mass is 283 g/mol. The number of hydrogen-bond donors (Lipinski definition) is 0. The summed E-state index contributed by atoms with van der Waals surface area (Å²) in [5.74, 6) is 0.397. The molecule has 0 bridgehead atoms. The molecule has 0 aliphatic heterocycles. The first-order valence-electron chi connectivity index (χ1n) is 9.04. The average Bonchev–Trinajstić information content (AvgIpc) is 2.45. The molecule has 0 aliphatic rings. The fourth-order valence-electron chi connectivity index (χ4n) is 2.50. The van der Waals surface area contributed by atoms with Crippen molar-refractivity contribution in [2.75, 3.05) is 13.1 Å². The lowest BCUT2D eigenvalue weighted by atomic mass is 10.1. The Labute approximate surface area is 127 Å². The summed E-state index contributed by atoms with van der Waals surface area (Å²) in [5.41, 5.74) is 0. The van der Waals surface area contributed by atoms with Gasteiger partial charge < -0.3 is 4.90 Å². The molecule has 0 unspecified atom stereocenters. The first-order chi connectivity index (χ1) is 9.76. The fourth-order valence-corrected chi connectivity index (χ4v) is 2.50. The molecule has 0 rings (SSSR count). The van der Waals surface area contributed by atoms with Gasteiger partial charge in [0.25, 0.3) is 0 Å². The molecule has 0 aromatic carbocycles. The second-order valence-corrected chi connectivity index (χ2v) is 5.96. The number of unbranched alkanes of at least 4 members (excludes halogenated alkanes) is 8. The Morgan fingerprint density at radius 3 is 1.60 bits per heavy atom. The number of rotatable bonds is 14. The van der Waals surface area contributed by atoms with Gasteiger partial charge in [-0.15, -0.1) is 0 Å². The van der Waals surface area contributed by atoms with Gasteiger partial charge in [-0.3, -0.25) is 4.79 Å². The van der Waals surface area contributed by atoms with E-state index >= 15 is 0 Å². The SMILES string of the molecule is CCCCCCCC(=O)N(CCCCC)CCCCC. The zero-order valence-corrected chi connectivity index (χ0v) is 14.3. The average molecular weight is 283 g/mol. The maximum atomic E-state index is 12.3. The Kier molecular flexibility index (Phi) is 14.5. The molecule has 0 saturated carbocycles. The van der Waals surface area contributed by atoms with Crippen LogP contribution in [0.5, 0.6) is 0 Å². The van der Waals surface area contributed by atoms with Crippen molar-refractivity contribution < 1.29 is 4.79 Å². The van der Waals surface area contributed by atoms with E-state index < -0.39 is 0 Å². The minimum absolute atomic E-state index is 0.397. The van der Waals surface area contributed by atoms with Crippen LogP contribution >= 0.6 is 0 Å². The zero-order valence-electron chi connectivity index (χ0n) is 14.3. The van der Waals surface area contributed by atoms with Crippen molar-refractivity contribution in [1.29, 1.82) is 0 Å². The summed E-state index contributed by atoms with van der Waals surface area (Å²) in [6.07, 6.45) is 14.2. The molecule has 0 saturated heterocycles. The number of hydrogen-bond acceptors (Lipinski definition) is 1. The Balaban J connectivity index is 3.91. The Bertz CT molecular complexity index is 205. The third-order valence-corrected chi connectivity index (χ3v) is 3.91. The summed E-state index contributed by atoms with van der Waals surface area (Å²) in [7, 11) is 0. The van der Waals surface area contributed by atoms with Gasteiger partial charge in [-0.1, -0.05) is 72.1 Å². The molecule has 0 aromatic rings. The van der Waals surface area contributed by atoms with E-state index in [2.05, 4.69) is 25.7 Å². The van der Waals surface area contributed by atoms with Crippen molar-refractivity contribution in [3.8, 4) is 0 Å². The van der Waals surface area contributed by atoms with Crippen molar-refractivity contribution in [1.82, 2.24) is 4.90 Å². The predicted octanol–water partition coefficient (Wildman–Crippen LogP) is 5.56. The quantitative estimate of drug-likeness (QED) is 0.382. The number of carbonyl (C=O) groups excluding carboxylic acids is 1. The fraction of sp³-hybridized carbons (Fsp3) is 0.944. The van der Waals surface area contributed by atoms with Gasteiger partial charge in [-0.25, -0.2) is 0 Å². The molecule has 0 aromatic heterocycles. The summed E-state index contributed by atoms with van der Waals surface area (Å²) in [6.45, 7) is 8.62. The van der Waals surface area contributed by atoms with E-state index in [1.54, 1.807) is 0 Å². The van der Waals surface area contributed by atoms with Crippen LogP contribution in [0.3, 0.4) is 0 Å². The lowest BCUT2D eigenvalue weighted by molar-refractivity contribution is -0.131. The minimum atomic E-state index is 0.397. The van der Waals surface area contributed by atoms with E-state index in [-0.39, 0.29) is 0 Å². The highest BCUT2D eigenvalue weighted by Gasteiger charge is 2.12. The largest absolute Gasteiger partial charge is 0.343 e. The maximum absolute atomic E-state index is 12.3. The van der Waals surface area contributed by atoms with Crippen molar-refractivity contribution >= 4 is 5.91 Å². The van der Waals surface area contributed by atoms with Gasteiger partial charge in [0.05, 0.1) is 0 Å². The first kappa shape index (κ1) is 19.5. The summed E-state index contributed by atoms with van der Waals surface area (Å²) in [5, 5.41) is 0. The second kappa shape index (κ2) is 14.9. The molecule has 0 aliphatic carbocycles. The van der Waals surface area contributed by atoms with Crippen molar-refractivity contribution in [3.63, 3.8) is 0 Å². The van der Waals surface area contributed by atoms with Crippen LogP contribution in [0.15, 0.2) is 0 Å². The van der Waals surface area contributed by atoms with Crippen LogP contribution in [0.2, 0.25) is 0 Å². The molecule has 0 radical (unpaired) electrons. The van der Waals surface area contributed by atoms with E-state index in [0.717, 1.165) is 25.9 Å². The van der Waals surface area contributed by atoms with E-state index in [1.807, 2.05) is 0 Å². The molecule has 120 valence electrons. The summed E-state index contributed by atoms with van der Waals surface area (Å²) in [6, 6.07) is 0. The summed E-state index contributed by atoms with van der Waals surface area (Å²) in [4.78, 5) is 14.4. The van der Waals surface area contributed by atoms with Crippen LogP contribution in [0.1, 0.15) is 97.8 Å². The van der Waals surface area contributed by atoms with E-state index in [9.17, 15) is 4.79 Å². The van der Waals surface area contributed by atoms with Crippen LogP contribution in [0.25, 0.3) is 0 Å². The third kappa shape index (κ3) is 11.3. The predicted molar refractivity (Wildman–Crippen MR) is 89.0 cm³/mol. The van der Waals surface area contributed by atoms with Crippen LogP contribution < -0.4 is 0 Å². The molecule has 0 N–H and O–H groups in total. The van der Waals surface area contributed by atoms with E-state index in [4.69, 9.17) is 0 Å². The van der Waals surface area contributed by atoms with E-state index in [1.165, 1.54) is 64.2 Å². The lowest BCUT2D eigenvalue weighted by Crippen LogP contribution is -2.32. The zero-order chi connectivity index (χ0) is 15.1. The van der Waals surface area contributed by atoms with Gasteiger partial charge in [0.1, 0.15) is 0 Å². The molecule has 0 spiro atoms. The minimum Gasteiger partial charge on any atom is -0.343 e. The van der Waals surface area contributed by atoms with Gasteiger partial charge in [0.15, 0.2) is 0 Å². The molecular weight excluding hydrogens is 246 g/mol. The van der Waals surface area contributed by atoms with Crippen molar-refractivity contribution in [2.45, 2.75) is 97.8 Å². The maximum Gasteiger partial charge on any atom is 0.222 e. The molecule has 1 amide bonds. The standard InChI is InChI=1S/C18H37NO/c1-4-7-10-11-12-15-18(20)19(16-13-8-5-2)17-14-9-6-3/h4-17H2,1-3H3. The Morgan fingerprint density at radius 1 is 0.650 bits per heavy atom. The van der Waals surface area contributed by atoms with Gasteiger partial charge in [0, 0.05) is 19.5 Å². The number of carbonyl (C=O) groups is 1. The molecule has 0 atom stereocenters. The smallest absolute Gasteiger partial charge is 0.222 e. The van der Waals surface area contributed by atoms with Crippen LogP contribution in [0, 0.1) is 0 Å².